The molecule has 31 heavy (non-hydrogen) atoms. The lowest BCUT2D eigenvalue weighted by atomic mass is 10.1. The fourth-order valence-electron chi connectivity index (χ4n) is 4.40. The highest BCUT2D eigenvalue weighted by molar-refractivity contribution is 7.91. The Balaban J connectivity index is 1.42. The average Bonchev–Trinajstić information content (AvgIpc) is 3.45. The van der Waals surface area contributed by atoms with Crippen molar-refractivity contribution in [3.63, 3.8) is 0 Å². The minimum absolute atomic E-state index is 0.0734. The van der Waals surface area contributed by atoms with Gasteiger partial charge in [0.05, 0.1) is 0 Å². The third-order valence-electron chi connectivity index (χ3n) is 6.40. The number of likely N-dealkylation sites (tertiary alicyclic amines) is 1. The van der Waals surface area contributed by atoms with Crippen LogP contribution in [0.25, 0.3) is 10.4 Å². The molecule has 9 heteroatoms. The summed E-state index contributed by atoms with van der Waals surface area (Å²) in [5.74, 6) is 0. The SMILES string of the molecule is CCc1cc(-c2ccc(S(=O)(=O)N3CCN(CCN4CCCC4)CC3)s2)c(C)[nH]c1=O. The van der Waals surface area contributed by atoms with Gasteiger partial charge in [-0.1, -0.05) is 6.92 Å². The Morgan fingerprint density at radius 1 is 1.00 bits per heavy atom. The predicted octanol–water partition coefficient (Wildman–Crippen LogP) is 2.38. The first kappa shape index (κ1) is 22.7. The molecule has 170 valence electrons. The van der Waals surface area contributed by atoms with Gasteiger partial charge in [-0.05, 0) is 57.5 Å². The lowest BCUT2D eigenvalue weighted by Gasteiger charge is -2.34. The molecule has 0 atom stereocenters. The molecule has 7 nitrogen and oxygen atoms in total. The molecule has 2 aromatic rings. The van der Waals surface area contributed by atoms with E-state index >= 15 is 0 Å². The van der Waals surface area contributed by atoms with Crippen LogP contribution in [-0.4, -0.2) is 79.9 Å². The lowest BCUT2D eigenvalue weighted by Crippen LogP contribution is -2.49. The molecule has 0 aliphatic carbocycles. The topological polar surface area (TPSA) is 76.7 Å². The molecule has 0 saturated carbocycles. The second-order valence-corrected chi connectivity index (χ2v) is 11.7. The van der Waals surface area contributed by atoms with Crippen molar-refractivity contribution in [3.8, 4) is 10.4 Å². The predicted molar refractivity (Wildman–Crippen MR) is 125 cm³/mol. The zero-order valence-electron chi connectivity index (χ0n) is 18.4. The number of sulfonamides is 1. The Bertz CT molecular complexity index is 1060. The fraction of sp³-hybridized carbons (Fsp3) is 0.591. The van der Waals surface area contributed by atoms with E-state index in [0.717, 1.165) is 42.3 Å². The van der Waals surface area contributed by atoms with Gasteiger partial charge in [-0.3, -0.25) is 9.69 Å². The molecule has 4 heterocycles. The maximum absolute atomic E-state index is 13.2. The first-order chi connectivity index (χ1) is 14.9. The van der Waals surface area contributed by atoms with Crippen LogP contribution < -0.4 is 5.56 Å². The van der Waals surface area contributed by atoms with Crippen molar-refractivity contribution in [2.75, 3.05) is 52.4 Å². The second kappa shape index (κ2) is 9.54. The Hall–Kier alpha value is -1.52. The number of hydrogen-bond acceptors (Lipinski definition) is 6. The first-order valence-electron chi connectivity index (χ1n) is 11.2. The summed E-state index contributed by atoms with van der Waals surface area (Å²) < 4.78 is 28.4. The highest BCUT2D eigenvalue weighted by Crippen LogP contribution is 2.33. The standard InChI is InChI=1S/C22H32N4O3S2/c1-3-18-16-19(17(2)23-22(18)27)20-6-7-21(30-20)31(28,29)26-14-12-25(13-15-26)11-10-24-8-4-5-9-24/h6-7,16H,3-5,8-15H2,1-2H3,(H,23,27). The van der Waals surface area contributed by atoms with Crippen molar-refractivity contribution in [3.05, 3.63) is 39.8 Å². The number of H-pyrrole nitrogens is 1. The third-order valence-corrected chi connectivity index (χ3v) is 9.88. The largest absolute Gasteiger partial charge is 0.326 e. The normalized spacial score (nSPS) is 19.3. The molecule has 2 saturated heterocycles. The molecule has 0 radical (unpaired) electrons. The van der Waals surface area contributed by atoms with Crippen LogP contribution in [0.15, 0.2) is 27.2 Å². The highest BCUT2D eigenvalue weighted by atomic mass is 32.2. The van der Waals surface area contributed by atoms with Crippen LogP contribution in [-0.2, 0) is 16.4 Å². The van der Waals surface area contributed by atoms with E-state index in [9.17, 15) is 13.2 Å². The summed E-state index contributed by atoms with van der Waals surface area (Å²) in [6.07, 6.45) is 3.24. The molecular weight excluding hydrogens is 432 g/mol. The molecule has 0 spiro atoms. The summed E-state index contributed by atoms with van der Waals surface area (Å²) in [5.41, 5.74) is 2.30. The Morgan fingerprint density at radius 3 is 2.29 bits per heavy atom. The molecule has 2 fully saturated rings. The number of nitrogens with zero attached hydrogens (tertiary/aromatic N) is 3. The van der Waals surface area contributed by atoms with E-state index in [1.54, 1.807) is 10.4 Å². The van der Waals surface area contributed by atoms with E-state index in [0.29, 0.717) is 29.3 Å². The zero-order valence-corrected chi connectivity index (χ0v) is 20.0. The number of nitrogens with one attached hydrogen (secondary N) is 1. The summed E-state index contributed by atoms with van der Waals surface area (Å²) in [6, 6.07) is 5.44. The van der Waals surface area contributed by atoms with Gasteiger partial charge in [-0.25, -0.2) is 8.42 Å². The number of thiophene rings is 1. The Morgan fingerprint density at radius 2 is 1.65 bits per heavy atom. The maximum Gasteiger partial charge on any atom is 0.252 e. The van der Waals surface area contributed by atoms with Crippen molar-refractivity contribution < 1.29 is 8.42 Å². The summed E-state index contributed by atoms with van der Waals surface area (Å²) in [6.45, 7) is 10.9. The summed E-state index contributed by atoms with van der Waals surface area (Å²) >= 11 is 1.28. The van der Waals surface area contributed by atoms with Crippen LogP contribution in [0.1, 0.15) is 31.0 Å². The van der Waals surface area contributed by atoms with E-state index in [1.807, 2.05) is 26.0 Å². The number of aromatic amines is 1. The van der Waals surface area contributed by atoms with E-state index < -0.39 is 10.0 Å². The number of hydrogen-bond donors (Lipinski definition) is 1. The van der Waals surface area contributed by atoms with Crippen molar-refractivity contribution >= 4 is 21.4 Å². The average molecular weight is 465 g/mol. The van der Waals surface area contributed by atoms with Crippen LogP contribution in [0, 0.1) is 6.92 Å². The van der Waals surface area contributed by atoms with E-state index in [4.69, 9.17) is 0 Å². The molecule has 0 bridgehead atoms. The fourth-order valence-corrected chi connectivity index (χ4v) is 7.35. The molecule has 0 amide bonds. The first-order valence-corrected chi connectivity index (χ1v) is 13.4. The van der Waals surface area contributed by atoms with Gasteiger partial charge in [0.25, 0.3) is 15.6 Å². The van der Waals surface area contributed by atoms with Gasteiger partial charge in [-0.2, -0.15) is 4.31 Å². The monoisotopic (exact) mass is 464 g/mol. The Kier molecular flexibility index (Phi) is 6.98. The summed E-state index contributed by atoms with van der Waals surface area (Å²) in [5, 5.41) is 0. The number of piperazine rings is 1. The van der Waals surface area contributed by atoms with Crippen LogP contribution in [0.3, 0.4) is 0 Å². The number of rotatable bonds is 7. The number of aromatic nitrogens is 1. The zero-order chi connectivity index (χ0) is 22.0. The van der Waals surface area contributed by atoms with E-state index in [2.05, 4.69) is 14.8 Å². The second-order valence-electron chi connectivity index (χ2n) is 8.43. The van der Waals surface area contributed by atoms with Gasteiger partial charge in [0.2, 0.25) is 0 Å². The maximum atomic E-state index is 13.2. The minimum atomic E-state index is -3.50. The molecular formula is C22H32N4O3S2. The minimum Gasteiger partial charge on any atom is -0.326 e. The van der Waals surface area contributed by atoms with Gasteiger partial charge >= 0.3 is 0 Å². The molecule has 4 rings (SSSR count). The highest BCUT2D eigenvalue weighted by Gasteiger charge is 2.30. The van der Waals surface area contributed by atoms with Crippen LogP contribution in [0.4, 0.5) is 0 Å². The van der Waals surface area contributed by atoms with Crippen molar-refractivity contribution in [1.29, 1.82) is 0 Å². The van der Waals surface area contributed by atoms with Gasteiger partial charge < -0.3 is 9.88 Å². The van der Waals surface area contributed by atoms with Crippen molar-refractivity contribution in [2.45, 2.75) is 37.3 Å². The number of pyridine rings is 1. The van der Waals surface area contributed by atoms with Gasteiger partial charge in [-0.15, -0.1) is 11.3 Å². The molecule has 0 unspecified atom stereocenters. The van der Waals surface area contributed by atoms with E-state index in [1.165, 1.54) is 37.3 Å². The van der Waals surface area contributed by atoms with Gasteiger partial charge in [0.15, 0.2) is 0 Å². The quantitative estimate of drug-likeness (QED) is 0.681. The van der Waals surface area contributed by atoms with Crippen molar-refractivity contribution in [1.82, 2.24) is 19.1 Å². The van der Waals surface area contributed by atoms with Crippen molar-refractivity contribution in [2.24, 2.45) is 0 Å². The molecule has 1 N–H and O–H groups in total. The molecule has 0 aromatic carbocycles. The van der Waals surface area contributed by atoms with Crippen LogP contribution in [0.5, 0.6) is 0 Å². The smallest absolute Gasteiger partial charge is 0.252 e. The lowest BCUT2D eigenvalue weighted by molar-refractivity contribution is 0.168. The van der Waals surface area contributed by atoms with E-state index in [-0.39, 0.29) is 5.56 Å². The van der Waals surface area contributed by atoms with Gasteiger partial charge in [0.1, 0.15) is 4.21 Å². The van der Waals surface area contributed by atoms with Crippen LogP contribution >= 0.6 is 11.3 Å². The molecule has 2 aromatic heterocycles. The summed E-state index contributed by atoms with van der Waals surface area (Å²) in [4.78, 5) is 20.6. The van der Waals surface area contributed by atoms with Crippen LogP contribution in [0.2, 0.25) is 0 Å². The third kappa shape index (κ3) is 4.96. The van der Waals surface area contributed by atoms with Gasteiger partial charge in [0, 0.05) is 61.0 Å². The Labute approximate surface area is 188 Å². The summed E-state index contributed by atoms with van der Waals surface area (Å²) in [7, 11) is -3.50. The number of aryl methyl sites for hydroxylation is 2. The molecule has 2 aliphatic heterocycles. The molecule has 2 aliphatic rings.